The Morgan fingerprint density at radius 2 is 2.35 bits per heavy atom. The monoisotopic (exact) mass is 236 g/mol. The molecule has 17 heavy (non-hydrogen) atoms. The third-order valence-electron chi connectivity index (χ3n) is 2.68. The van der Waals surface area contributed by atoms with E-state index in [0.717, 1.165) is 19.5 Å². The molecular formula is C12H20N4O. The molecule has 1 aromatic heterocycles. The molecule has 1 aliphatic heterocycles. The van der Waals surface area contributed by atoms with Gasteiger partial charge in [0.25, 0.3) is 0 Å². The molecule has 1 atom stereocenters. The first-order valence-corrected chi connectivity index (χ1v) is 6.08. The first-order valence-electron chi connectivity index (χ1n) is 6.08. The maximum Gasteiger partial charge on any atom is 0.226 e. The van der Waals surface area contributed by atoms with Crippen LogP contribution in [0.2, 0.25) is 0 Å². The third kappa shape index (κ3) is 3.56. The largest absolute Gasteiger partial charge is 0.473 e. The normalized spacial score (nSPS) is 20.8. The molecule has 0 radical (unpaired) electrons. The van der Waals surface area contributed by atoms with Crippen LogP contribution >= 0.6 is 0 Å². The minimum absolute atomic E-state index is 0.252. The zero-order valence-electron chi connectivity index (χ0n) is 10.7. The SMILES string of the molecule is CC(C)Nc1nccc(O[C@H]2CCN(C)C2)n1. The number of anilines is 1. The van der Waals surface area contributed by atoms with Gasteiger partial charge in [-0.15, -0.1) is 0 Å². The average Bonchev–Trinajstić information content (AvgIpc) is 2.63. The fourth-order valence-corrected chi connectivity index (χ4v) is 1.90. The van der Waals surface area contributed by atoms with Crippen molar-refractivity contribution in [1.82, 2.24) is 14.9 Å². The Bertz CT molecular complexity index is 369. The standard InChI is InChI=1S/C12H20N4O/c1-9(2)14-12-13-6-4-11(15-12)17-10-5-7-16(3)8-10/h4,6,9-10H,5,7-8H2,1-3H3,(H,13,14,15)/t10-/m0/s1. The lowest BCUT2D eigenvalue weighted by molar-refractivity contribution is 0.200. The Hall–Kier alpha value is -1.36. The number of likely N-dealkylation sites (tertiary alicyclic amines) is 1. The summed E-state index contributed by atoms with van der Waals surface area (Å²) in [6.45, 7) is 6.18. The highest BCUT2D eigenvalue weighted by atomic mass is 16.5. The summed E-state index contributed by atoms with van der Waals surface area (Å²) in [6.07, 6.45) is 3.04. The van der Waals surface area contributed by atoms with Crippen LogP contribution in [-0.2, 0) is 0 Å². The Morgan fingerprint density at radius 1 is 1.53 bits per heavy atom. The lowest BCUT2D eigenvalue weighted by Crippen LogP contribution is -2.22. The van der Waals surface area contributed by atoms with Gasteiger partial charge in [-0.3, -0.25) is 0 Å². The van der Waals surface area contributed by atoms with Gasteiger partial charge in [-0.1, -0.05) is 0 Å². The Balaban J connectivity index is 1.96. The molecule has 94 valence electrons. The van der Waals surface area contributed by atoms with Crippen LogP contribution in [0, 0.1) is 0 Å². The van der Waals surface area contributed by atoms with Crippen molar-refractivity contribution in [2.75, 3.05) is 25.5 Å². The molecule has 5 nitrogen and oxygen atoms in total. The molecule has 5 heteroatoms. The molecule has 1 saturated heterocycles. The predicted molar refractivity (Wildman–Crippen MR) is 67.3 cm³/mol. The van der Waals surface area contributed by atoms with E-state index in [1.54, 1.807) is 6.20 Å². The van der Waals surface area contributed by atoms with E-state index < -0.39 is 0 Å². The highest BCUT2D eigenvalue weighted by Gasteiger charge is 2.21. The molecule has 1 aliphatic rings. The molecule has 1 aromatic rings. The summed E-state index contributed by atoms with van der Waals surface area (Å²) in [5.41, 5.74) is 0. The van der Waals surface area contributed by atoms with Crippen LogP contribution in [0.3, 0.4) is 0 Å². The van der Waals surface area contributed by atoms with Gasteiger partial charge in [0.2, 0.25) is 11.8 Å². The second-order valence-electron chi connectivity index (χ2n) is 4.81. The minimum atomic E-state index is 0.252. The first-order chi connectivity index (χ1) is 8.13. The van der Waals surface area contributed by atoms with Crippen LogP contribution in [0.15, 0.2) is 12.3 Å². The quantitative estimate of drug-likeness (QED) is 0.856. The van der Waals surface area contributed by atoms with Gasteiger partial charge in [0.1, 0.15) is 6.10 Å². The molecule has 2 rings (SSSR count). The van der Waals surface area contributed by atoms with Crippen LogP contribution < -0.4 is 10.1 Å². The van der Waals surface area contributed by atoms with Gasteiger partial charge in [-0.2, -0.15) is 4.98 Å². The molecule has 0 bridgehead atoms. The fraction of sp³-hybridized carbons (Fsp3) is 0.667. The van der Waals surface area contributed by atoms with Crippen LogP contribution in [0.1, 0.15) is 20.3 Å². The second kappa shape index (κ2) is 5.31. The molecular weight excluding hydrogens is 216 g/mol. The summed E-state index contributed by atoms with van der Waals surface area (Å²) >= 11 is 0. The summed E-state index contributed by atoms with van der Waals surface area (Å²) in [6, 6.07) is 2.13. The number of likely N-dealkylation sites (N-methyl/N-ethyl adjacent to an activating group) is 1. The Kier molecular flexibility index (Phi) is 3.78. The lowest BCUT2D eigenvalue weighted by Gasteiger charge is -2.14. The zero-order valence-corrected chi connectivity index (χ0v) is 10.7. The van der Waals surface area contributed by atoms with Crippen LogP contribution in [0.25, 0.3) is 0 Å². The lowest BCUT2D eigenvalue weighted by atomic mass is 10.3. The van der Waals surface area contributed by atoms with Crippen LogP contribution in [-0.4, -0.2) is 47.2 Å². The van der Waals surface area contributed by atoms with Crippen molar-refractivity contribution >= 4 is 5.95 Å². The maximum absolute atomic E-state index is 5.84. The Labute approximate surface area is 102 Å². The number of nitrogens with zero attached hydrogens (tertiary/aromatic N) is 3. The number of hydrogen-bond acceptors (Lipinski definition) is 5. The summed E-state index contributed by atoms with van der Waals surface area (Å²) in [5, 5.41) is 3.17. The van der Waals surface area contributed by atoms with Crippen molar-refractivity contribution in [3.63, 3.8) is 0 Å². The van der Waals surface area contributed by atoms with E-state index in [1.807, 2.05) is 6.07 Å². The number of hydrogen-bond donors (Lipinski definition) is 1. The van der Waals surface area contributed by atoms with Gasteiger partial charge in [0.15, 0.2) is 0 Å². The number of nitrogens with one attached hydrogen (secondary N) is 1. The summed E-state index contributed by atoms with van der Waals surface area (Å²) in [5.74, 6) is 1.28. The highest BCUT2D eigenvalue weighted by Crippen LogP contribution is 2.16. The van der Waals surface area contributed by atoms with Crippen molar-refractivity contribution in [2.45, 2.75) is 32.4 Å². The number of aromatic nitrogens is 2. The number of rotatable bonds is 4. The topological polar surface area (TPSA) is 50.3 Å². The minimum Gasteiger partial charge on any atom is -0.473 e. The smallest absolute Gasteiger partial charge is 0.226 e. The van der Waals surface area contributed by atoms with E-state index in [0.29, 0.717) is 17.9 Å². The van der Waals surface area contributed by atoms with Crippen LogP contribution in [0.4, 0.5) is 5.95 Å². The van der Waals surface area contributed by atoms with Crippen molar-refractivity contribution < 1.29 is 4.74 Å². The zero-order chi connectivity index (χ0) is 12.3. The first kappa shape index (κ1) is 12.1. The van der Waals surface area contributed by atoms with Crippen molar-refractivity contribution in [1.29, 1.82) is 0 Å². The predicted octanol–water partition coefficient (Wildman–Crippen LogP) is 1.38. The van der Waals surface area contributed by atoms with Gasteiger partial charge < -0.3 is 15.0 Å². The van der Waals surface area contributed by atoms with E-state index in [2.05, 4.69) is 41.1 Å². The van der Waals surface area contributed by atoms with Crippen LogP contribution in [0.5, 0.6) is 5.88 Å². The summed E-state index contributed by atoms with van der Waals surface area (Å²) in [7, 11) is 2.11. The van der Waals surface area contributed by atoms with Gasteiger partial charge in [-0.05, 0) is 27.3 Å². The molecule has 2 heterocycles. The fourth-order valence-electron chi connectivity index (χ4n) is 1.90. The van der Waals surface area contributed by atoms with E-state index in [-0.39, 0.29) is 6.10 Å². The van der Waals surface area contributed by atoms with Crippen molar-refractivity contribution in [2.24, 2.45) is 0 Å². The van der Waals surface area contributed by atoms with Gasteiger partial charge in [-0.25, -0.2) is 4.98 Å². The van der Waals surface area contributed by atoms with E-state index in [4.69, 9.17) is 4.74 Å². The third-order valence-corrected chi connectivity index (χ3v) is 2.68. The highest BCUT2D eigenvalue weighted by molar-refractivity contribution is 5.28. The van der Waals surface area contributed by atoms with E-state index >= 15 is 0 Å². The average molecular weight is 236 g/mol. The molecule has 0 spiro atoms. The maximum atomic E-state index is 5.84. The molecule has 0 amide bonds. The Morgan fingerprint density at radius 3 is 3.00 bits per heavy atom. The van der Waals surface area contributed by atoms with E-state index in [1.165, 1.54) is 0 Å². The molecule has 0 aromatic carbocycles. The van der Waals surface area contributed by atoms with Gasteiger partial charge in [0.05, 0.1) is 0 Å². The van der Waals surface area contributed by atoms with Gasteiger partial charge in [0, 0.05) is 31.4 Å². The molecule has 0 unspecified atom stereocenters. The van der Waals surface area contributed by atoms with Crippen molar-refractivity contribution in [3.05, 3.63) is 12.3 Å². The van der Waals surface area contributed by atoms with Gasteiger partial charge >= 0.3 is 0 Å². The van der Waals surface area contributed by atoms with E-state index in [9.17, 15) is 0 Å². The molecule has 1 N–H and O–H groups in total. The molecule has 1 fully saturated rings. The summed E-state index contributed by atoms with van der Waals surface area (Å²) < 4.78 is 5.84. The van der Waals surface area contributed by atoms with Crippen molar-refractivity contribution in [3.8, 4) is 5.88 Å². The number of ether oxygens (including phenoxy) is 1. The molecule has 0 aliphatic carbocycles. The second-order valence-corrected chi connectivity index (χ2v) is 4.81. The summed E-state index contributed by atoms with van der Waals surface area (Å²) in [4.78, 5) is 10.8. The molecule has 0 saturated carbocycles.